The van der Waals surface area contributed by atoms with Crippen LogP contribution in [0.1, 0.15) is 74.2 Å². The van der Waals surface area contributed by atoms with E-state index in [9.17, 15) is 26.4 Å². The van der Waals surface area contributed by atoms with E-state index in [0.29, 0.717) is 30.3 Å². The maximum Gasteiger partial charge on any atom is 0.391 e. The molecule has 3 aromatic rings. The van der Waals surface area contributed by atoms with E-state index in [1.807, 2.05) is 19.9 Å². The van der Waals surface area contributed by atoms with Crippen molar-refractivity contribution in [3.63, 3.8) is 0 Å². The number of sulfone groups is 1. The number of nitrogens with one attached hydrogen (secondary N) is 1. The Hall–Kier alpha value is -2.88. The van der Waals surface area contributed by atoms with E-state index in [0.717, 1.165) is 16.9 Å². The molecule has 1 aromatic heterocycles. The molecule has 1 heterocycles. The minimum Gasteiger partial charge on any atom is -0.348 e. The van der Waals surface area contributed by atoms with Crippen molar-refractivity contribution in [1.82, 2.24) is 14.9 Å². The maximum atomic E-state index is 13.1. The number of rotatable bonds is 8. The van der Waals surface area contributed by atoms with Crippen molar-refractivity contribution in [3.8, 4) is 0 Å². The molecule has 6 nitrogen and oxygen atoms in total. The van der Waals surface area contributed by atoms with Gasteiger partial charge in [-0.25, -0.2) is 13.4 Å². The molecule has 1 aliphatic carbocycles. The van der Waals surface area contributed by atoms with Gasteiger partial charge in [0.25, 0.3) is 5.91 Å². The molecule has 4 rings (SSSR count). The molecule has 0 atom stereocenters. The Bertz CT molecular complexity index is 1390. The quantitative estimate of drug-likeness (QED) is 0.360. The summed E-state index contributed by atoms with van der Waals surface area (Å²) < 4.78 is 65.3. The number of alkyl halides is 3. The zero-order valence-corrected chi connectivity index (χ0v) is 22.7. The summed E-state index contributed by atoms with van der Waals surface area (Å²) in [7, 11) is -3.28. The lowest BCUT2D eigenvalue weighted by Gasteiger charge is -2.30. The lowest BCUT2D eigenvalue weighted by molar-refractivity contribution is -0.183. The number of halogens is 3. The molecule has 1 fully saturated rings. The monoisotopic (exact) mass is 549 g/mol. The van der Waals surface area contributed by atoms with Gasteiger partial charge in [-0.2, -0.15) is 13.2 Å². The SMILES string of the molecule is CCS(=O)(=O)c1ccc(CNC(=O)c2ccc3c(c2)nc(CC2CCC(C(F)(F)F)CC2)n3C(C)C)cc1. The average molecular weight is 550 g/mol. The molecule has 2 aromatic carbocycles. The fourth-order valence-corrected chi connectivity index (χ4v) is 6.11. The third kappa shape index (κ3) is 6.22. The summed E-state index contributed by atoms with van der Waals surface area (Å²) in [6, 6.07) is 11.9. The molecule has 10 heteroatoms. The number of fused-ring (bicyclic) bond motifs is 1. The van der Waals surface area contributed by atoms with Gasteiger partial charge in [-0.15, -0.1) is 0 Å². The van der Waals surface area contributed by atoms with Crippen LogP contribution in [0, 0.1) is 11.8 Å². The van der Waals surface area contributed by atoms with Crippen LogP contribution in [-0.4, -0.2) is 35.8 Å². The average Bonchev–Trinajstić information content (AvgIpc) is 3.24. The number of benzene rings is 2. The predicted molar refractivity (Wildman–Crippen MR) is 141 cm³/mol. The molecule has 0 radical (unpaired) electrons. The Morgan fingerprint density at radius 1 is 1.08 bits per heavy atom. The molecule has 0 spiro atoms. The lowest BCUT2D eigenvalue weighted by atomic mass is 9.80. The van der Waals surface area contributed by atoms with Crippen LogP contribution in [0.2, 0.25) is 0 Å². The molecule has 1 N–H and O–H groups in total. The van der Waals surface area contributed by atoms with Crippen LogP contribution in [0.25, 0.3) is 11.0 Å². The van der Waals surface area contributed by atoms with E-state index in [1.54, 1.807) is 43.3 Å². The van der Waals surface area contributed by atoms with Gasteiger partial charge in [-0.05, 0) is 81.3 Å². The summed E-state index contributed by atoms with van der Waals surface area (Å²) in [5.74, 6) is -0.456. The van der Waals surface area contributed by atoms with Crippen molar-refractivity contribution in [2.75, 3.05) is 5.75 Å². The first-order chi connectivity index (χ1) is 17.9. The molecular formula is C28H34F3N3O3S. The molecule has 206 valence electrons. The van der Waals surface area contributed by atoms with Crippen LogP contribution in [-0.2, 0) is 22.8 Å². The first kappa shape index (κ1) is 28.1. The zero-order chi connectivity index (χ0) is 27.7. The Balaban J connectivity index is 1.46. The van der Waals surface area contributed by atoms with Gasteiger partial charge in [0, 0.05) is 24.6 Å². The van der Waals surface area contributed by atoms with Crippen molar-refractivity contribution in [2.45, 2.75) is 76.5 Å². The number of nitrogens with zero attached hydrogens (tertiary/aromatic N) is 2. The zero-order valence-electron chi connectivity index (χ0n) is 21.9. The number of carbonyl (C=O) groups is 1. The topological polar surface area (TPSA) is 81.1 Å². The highest BCUT2D eigenvalue weighted by Crippen LogP contribution is 2.40. The second-order valence-electron chi connectivity index (χ2n) is 10.4. The Morgan fingerprint density at radius 2 is 1.74 bits per heavy atom. The number of amides is 1. The summed E-state index contributed by atoms with van der Waals surface area (Å²) in [4.78, 5) is 17.9. The molecule has 1 amide bonds. The van der Waals surface area contributed by atoms with Crippen LogP contribution >= 0.6 is 0 Å². The number of carbonyl (C=O) groups excluding carboxylic acids is 1. The second kappa shape index (κ2) is 11.1. The molecule has 0 aliphatic heterocycles. The maximum absolute atomic E-state index is 13.1. The largest absolute Gasteiger partial charge is 0.391 e. The summed E-state index contributed by atoms with van der Waals surface area (Å²) in [5, 5.41) is 2.86. The van der Waals surface area contributed by atoms with E-state index < -0.39 is 21.9 Å². The van der Waals surface area contributed by atoms with E-state index >= 15 is 0 Å². The standard InChI is InChI=1S/C28H34F3N3O3S/c1-4-38(36,37)23-12-7-20(8-13-23)17-32-27(35)21-9-14-25-24(16-21)33-26(34(25)18(2)3)15-19-5-10-22(11-6-19)28(29,30)31/h7-9,12-14,16,18-19,22H,4-6,10-11,15,17H2,1-3H3,(H,32,35). The van der Waals surface area contributed by atoms with Gasteiger partial charge in [0.15, 0.2) is 9.84 Å². The van der Waals surface area contributed by atoms with E-state index in [1.165, 1.54) is 0 Å². The number of imidazole rings is 1. The smallest absolute Gasteiger partial charge is 0.348 e. The molecule has 1 saturated carbocycles. The van der Waals surface area contributed by atoms with Gasteiger partial charge in [0.2, 0.25) is 0 Å². The third-order valence-electron chi connectivity index (χ3n) is 7.44. The first-order valence-electron chi connectivity index (χ1n) is 13.1. The number of aromatic nitrogens is 2. The Morgan fingerprint density at radius 3 is 2.32 bits per heavy atom. The minimum atomic E-state index is -4.12. The van der Waals surface area contributed by atoms with Crippen LogP contribution in [0.4, 0.5) is 13.2 Å². The molecule has 0 saturated heterocycles. The number of hydrogen-bond acceptors (Lipinski definition) is 4. The van der Waals surface area contributed by atoms with Gasteiger partial charge < -0.3 is 9.88 Å². The Kier molecular flexibility index (Phi) is 8.20. The summed E-state index contributed by atoms with van der Waals surface area (Å²) in [6.45, 7) is 5.93. The van der Waals surface area contributed by atoms with Crippen LogP contribution in [0.3, 0.4) is 0 Å². The second-order valence-corrected chi connectivity index (χ2v) is 12.7. The van der Waals surface area contributed by atoms with Crippen LogP contribution in [0.15, 0.2) is 47.4 Å². The highest BCUT2D eigenvalue weighted by molar-refractivity contribution is 7.91. The van der Waals surface area contributed by atoms with Crippen molar-refractivity contribution < 1.29 is 26.4 Å². The van der Waals surface area contributed by atoms with Gasteiger partial charge in [0.05, 0.1) is 27.6 Å². The molecule has 0 bridgehead atoms. The van der Waals surface area contributed by atoms with Gasteiger partial charge >= 0.3 is 6.18 Å². The molecule has 0 unspecified atom stereocenters. The van der Waals surface area contributed by atoms with E-state index in [-0.39, 0.29) is 47.9 Å². The fraction of sp³-hybridized carbons (Fsp3) is 0.500. The molecule has 1 aliphatic rings. The van der Waals surface area contributed by atoms with Crippen molar-refractivity contribution in [3.05, 3.63) is 59.4 Å². The highest BCUT2D eigenvalue weighted by Gasteiger charge is 2.41. The fourth-order valence-electron chi connectivity index (χ4n) is 5.23. The molecule has 38 heavy (non-hydrogen) atoms. The van der Waals surface area contributed by atoms with E-state index in [2.05, 4.69) is 9.88 Å². The van der Waals surface area contributed by atoms with Crippen LogP contribution in [0.5, 0.6) is 0 Å². The first-order valence-corrected chi connectivity index (χ1v) is 14.7. The summed E-state index contributed by atoms with van der Waals surface area (Å²) in [6.07, 6.45) is -2.11. The predicted octanol–water partition coefficient (Wildman–Crippen LogP) is 6.25. The number of hydrogen-bond donors (Lipinski definition) is 1. The minimum absolute atomic E-state index is 0.0268. The Labute approximate surface area is 221 Å². The highest BCUT2D eigenvalue weighted by atomic mass is 32.2. The van der Waals surface area contributed by atoms with Crippen molar-refractivity contribution in [1.29, 1.82) is 0 Å². The van der Waals surface area contributed by atoms with Crippen molar-refractivity contribution in [2.24, 2.45) is 11.8 Å². The van der Waals surface area contributed by atoms with Crippen LogP contribution < -0.4 is 5.32 Å². The van der Waals surface area contributed by atoms with E-state index in [4.69, 9.17) is 4.98 Å². The lowest BCUT2D eigenvalue weighted by Crippen LogP contribution is -2.28. The normalized spacial score (nSPS) is 18.7. The van der Waals surface area contributed by atoms with Gasteiger partial charge in [-0.1, -0.05) is 19.1 Å². The van der Waals surface area contributed by atoms with Gasteiger partial charge in [-0.3, -0.25) is 4.79 Å². The van der Waals surface area contributed by atoms with Gasteiger partial charge in [0.1, 0.15) is 5.82 Å². The molecular weight excluding hydrogens is 515 g/mol. The summed E-state index contributed by atoms with van der Waals surface area (Å²) in [5.41, 5.74) is 2.80. The third-order valence-corrected chi connectivity index (χ3v) is 9.19. The van der Waals surface area contributed by atoms with Crippen molar-refractivity contribution >= 4 is 26.8 Å². The summed E-state index contributed by atoms with van der Waals surface area (Å²) >= 11 is 0.